The van der Waals surface area contributed by atoms with Gasteiger partial charge >= 0.3 is 0 Å². The summed E-state index contributed by atoms with van der Waals surface area (Å²) in [5.74, 6) is 0. The fourth-order valence-electron chi connectivity index (χ4n) is 1.54. The smallest absolute Gasteiger partial charge is 0.0424 e. The Morgan fingerprint density at radius 1 is 1.58 bits per heavy atom. The van der Waals surface area contributed by atoms with Gasteiger partial charge < -0.3 is 11.1 Å². The number of halogens is 1. The number of fused-ring (bicyclic) bond motifs is 1. The maximum Gasteiger partial charge on any atom is 0.0424 e. The molecule has 0 saturated carbocycles. The third kappa shape index (κ3) is 1.34. The predicted molar refractivity (Wildman–Crippen MR) is 54.3 cm³/mol. The second-order valence-electron chi connectivity index (χ2n) is 3.08. The molecule has 1 atom stereocenters. The topological polar surface area (TPSA) is 38.0 Å². The summed E-state index contributed by atoms with van der Waals surface area (Å²) in [7, 11) is 0. The Kier molecular flexibility index (Phi) is 2.07. The van der Waals surface area contributed by atoms with Crippen LogP contribution in [0, 0.1) is 0 Å². The van der Waals surface area contributed by atoms with Crippen molar-refractivity contribution in [3.63, 3.8) is 0 Å². The molecule has 2 nitrogen and oxygen atoms in total. The molecule has 2 rings (SSSR count). The zero-order valence-corrected chi connectivity index (χ0v) is 8.26. The highest BCUT2D eigenvalue weighted by molar-refractivity contribution is 9.10. The van der Waals surface area contributed by atoms with E-state index < -0.39 is 0 Å². The monoisotopic (exact) mass is 226 g/mol. The standard InChI is InChI=1S/C9H11BrN2/c10-7-2-1-6-3-8(5-11)12-9(6)4-7/h1-2,4,8,12H,3,5,11H2. The molecule has 0 fully saturated rings. The van der Waals surface area contributed by atoms with Crippen LogP contribution in [0.2, 0.25) is 0 Å². The van der Waals surface area contributed by atoms with Crippen molar-refractivity contribution in [2.24, 2.45) is 5.73 Å². The van der Waals surface area contributed by atoms with Crippen molar-refractivity contribution in [2.45, 2.75) is 12.5 Å². The van der Waals surface area contributed by atoms with Crippen LogP contribution in [-0.2, 0) is 6.42 Å². The van der Waals surface area contributed by atoms with Crippen molar-refractivity contribution in [2.75, 3.05) is 11.9 Å². The first-order valence-electron chi connectivity index (χ1n) is 4.04. The first-order chi connectivity index (χ1) is 5.79. The van der Waals surface area contributed by atoms with E-state index in [9.17, 15) is 0 Å². The van der Waals surface area contributed by atoms with E-state index in [1.54, 1.807) is 0 Å². The van der Waals surface area contributed by atoms with E-state index in [1.807, 2.05) is 0 Å². The van der Waals surface area contributed by atoms with E-state index in [0.717, 1.165) is 10.9 Å². The van der Waals surface area contributed by atoms with Gasteiger partial charge in [0.2, 0.25) is 0 Å². The molecular formula is C9H11BrN2. The van der Waals surface area contributed by atoms with Crippen molar-refractivity contribution >= 4 is 21.6 Å². The maximum atomic E-state index is 5.58. The highest BCUT2D eigenvalue weighted by atomic mass is 79.9. The van der Waals surface area contributed by atoms with Crippen LogP contribution < -0.4 is 11.1 Å². The van der Waals surface area contributed by atoms with E-state index in [0.29, 0.717) is 12.6 Å². The molecule has 0 aliphatic carbocycles. The molecule has 0 radical (unpaired) electrons. The minimum atomic E-state index is 0.425. The summed E-state index contributed by atoms with van der Waals surface area (Å²) in [6.07, 6.45) is 1.05. The Balaban J connectivity index is 2.30. The molecule has 1 aromatic rings. The Morgan fingerprint density at radius 2 is 2.42 bits per heavy atom. The Bertz CT molecular complexity index is 299. The van der Waals surface area contributed by atoms with Crippen LogP contribution in [0.25, 0.3) is 0 Å². The van der Waals surface area contributed by atoms with Crippen LogP contribution in [0.15, 0.2) is 22.7 Å². The normalized spacial score (nSPS) is 20.3. The molecule has 1 aliphatic rings. The summed E-state index contributed by atoms with van der Waals surface area (Å²) >= 11 is 3.44. The molecule has 0 bridgehead atoms. The average molecular weight is 227 g/mol. The van der Waals surface area contributed by atoms with Crippen LogP contribution in [0.3, 0.4) is 0 Å². The minimum Gasteiger partial charge on any atom is -0.380 e. The molecule has 0 aromatic heterocycles. The molecule has 3 heteroatoms. The van der Waals surface area contributed by atoms with Gasteiger partial charge in [-0.05, 0) is 24.1 Å². The molecule has 1 aliphatic heterocycles. The van der Waals surface area contributed by atoms with Crippen molar-refractivity contribution in [3.8, 4) is 0 Å². The summed E-state index contributed by atoms with van der Waals surface area (Å²) in [5, 5.41) is 3.37. The lowest BCUT2D eigenvalue weighted by Gasteiger charge is -2.05. The van der Waals surface area contributed by atoms with Gasteiger partial charge in [-0.15, -0.1) is 0 Å². The highest BCUT2D eigenvalue weighted by Crippen LogP contribution is 2.28. The summed E-state index contributed by atoms with van der Waals surface area (Å²) in [6.45, 7) is 0.701. The van der Waals surface area contributed by atoms with Gasteiger partial charge in [-0.2, -0.15) is 0 Å². The average Bonchev–Trinajstić information content (AvgIpc) is 2.46. The number of nitrogens with two attached hydrogens (primary N) is 1. The molecule has 64 valence electrons. The summed E-state index contributed by atoms with van der Waals surface area (Å²) in [5.41, 5.74) is 8.17. The lowest BCUT2D eigenvalue weighted by Crippen LogP contribution is -2.25. The molecule has 1 unspecified atom stereocenters. The van der Waals surface area contributed by atoms with Gasteiger partial charge in [0.1, 0.15) is 0 Å². The van der Waals surface area contributed by atoms with Gasteiger partial charge in [-0.3, -0.25) is 0 Å². The Hall–Kier alpha value is -0.540. The SMILES string of the molecule is NCC1Cc2ccc(Br)cc2N1. The minimum absolute atomic E-state index is 0.425. The van der Waals surface area contributed by atoms with Crippen molar-refractivity contribution in [3.05, 3.63) is 28.2 Å². The first-order valence-corrected chi connectivity index (χ1v) is 4.84. The fourth-order valence-corrected chi connectivity index (χ4v) is 1.90. The van der Waals surface area contributed by atoms with Crippen molar-refractivity contribution in [1.82, 2.24) is 0 Å². The van der Waals surface area contributed by atoms with Gasteiger partial charge in [0.25, 0.3) is 0 Å². The number of hydrogen-bond acceptors (Lipinski definition) is 2. The maximum absolute atomic E-state index is 5.58. The Labute approximate surface area is 80.3 Å². The third-order valence-corrected chi connectivity index (χ3v) is 2.68. The molecule has 0 amide bonds. The first kappa shape index (κ1) is 8.08. The van der Waals surface area contributed by atoms with Crippen molar-refractivity contribution in [1.29, 1.82) is 0 Å². The van der Waals surface area contributed by atoms with Crippen LogP contribution in [0.5, 0.6) is 0 Å². The summed E-state index contributed by atoms with van der Waals surface area (Å²) in [6, 6.07) is 6.74. The second-order valence-corrected chi connectivity index (χ2v) is 4.00. The van der Waals surface area contributed by atoms with Crippen LogP contribution in [0.1, 0.15) is 5.56 Å². The van der Waals surface area contributed by atoms with Gasteiger partial charge in [0.05, 0.1) is 0 Å². The molecule has 1 aromatic carbocycles. The van der Waals surface area contributed by atoms with Gasteiger partial charge in [-0.25, -0.2) is 0 Å². The van der Waals surface area contributed by atoms with E-state index in [1.165, 1.54) is 11.3 Å². The number of nitrogens with one attached hydrogen (secondary N) is 1. The molecule has 0 saturated heterocycles. The number of rotatable bonds is 1. The van der Waals surface area contributed by atoms with Crippen LogP contribution in [0.4, 0.5) is 5.69 Å². The van der Waals surface area contributed by atoms with Gasteiger partial charge in [-0.1, -0.05) is 22.0 Å². The summed E-state index contributed by atoms with van der Waals surface area (Å²) < 4.78 is 1.12. The van der Waals surface area contributed by atoms with E-state index >= 15 is 0 Å². The van der Waals surface area contributed by atoms with Crippen LogP contribution >= 0.6 is 15.9 Å². The van der Waals surface area contributed by atoms with E-state index in [2.05, 4.69) is 39.4 Å². The van der Waals surface area contributed by atoms with Gasteiger partial charge in [0.15, 0.2) is 0 Å². The fraction of sp³-hybridized carbons (Fsp3) is 0.333. The molecule has 0 spiro atoms. The highest BCUT2D eigenvalue weighted by Gasteiger charge is 2.18. The largest absolute Gasteiger partial charge is 0.380 e. The molecule has 12 heavy (non-hydrogen) atoms. The Morgan fingerprint density at radius 3 is 3.17 bits per heavy atom. The zero-order valence-electron chi connectivity index (χ0n) is 6.68. The molecular weight excluding hydrogens is 216 g/mol. The second kappa shape index (κ2) is 3.07. The van der Waals surface area contributed by atoms with Gasteiger partial charge in [0, 0.05) is 22.7 Å². The number of benzene rings is 1. The van der Waals surface area contributed by atoms with E-state index in [-0.39, 0.29) is 0 Å². The van der Waals surface area contributed by atoms with Crippen LogP contribution in [-0.4, -0.2) is 12.6 Å². The number of anilines is 1. The van der Waals surface area contributed by atoms with E-state index in [4.69, 9.17) is 5.73 Å². The zero-order chi connectivity index (χ0) is 8.55. The van der Waals surface area contributed by atoms with Crippen molar-refractivity contribution < 1.29 is 0 Å². The quantitative estimate of drug-likeness (QED) is 0.766. The third-order valence-electron chi connectivity index (χ3n) is 2.18. The summed E-state index contributed by atoms with van der Waals surface area (Å²) in [4.78, 5) is 0. The lowest BCUT2D eigenvalue weighted by molar-refractivity contribution is 0.760. The molecule has 3 N–H and O–H groups in total. The predicted octanol–water partition coefficient (Wildman–Crippen LogP) is 1.74. The molecule has 1 heterocycles. The lowest BCUT2D eigenvalue weighted by atomic mass is 10.1. The number of hydrogen-bond donors (Lipinski definition) is 2.